The van der Waals surface area contributed by atoms with E-state index in [9.17, 15) is 14.4 Å². The van der Waals surface area contributed by atoms with E-state index in [0.29, 0.717) is 91.6 Å². The number of rotatable bonds is 16. The molecule has 0 saturated carbocycles. The van der Waals surface area contributed by atoms with Crippen LogP contribution >= 0.6 is 0 Å². The summed E-state index contributed by atoms with van der Waals surface area (Å²) in [5.74, 6) is 3.49. The highest BCUT2D eigenvalue weighted by Crippen LogP contribution is 2.17. The average molecular weight is 436 g/mol. The van der Waals surface area contributed by atoms with Crippen molar-refractivity contribution in [2.45, 2.75) is 25.7 Å². The van der Waals surface area contributed by atoms with Crippen LogP contribution in [0.2, 0.25) is 0 Å². The van der Waals surface area contributed by atoms with E-state index in [4.69, 9.17) is 24.1 Å². The molecule has 0 aliphatic carbocycles. The number of carboxylic acid groups (broad SMARTS) is 1. The number of nitrogens with one attached hydrogen (secondary N) is 1. The Morgan fingerprint density at radius 3 is 1.83 bits per heavy atom. The van der Waals surface area contributed by atoms with E-state index in [0.717, 1.165) is 6.29 Å². The van der Waals surface area contributed by atoms with Crippen molar-refractivity contribution in [3.05, 3.63) is 0 Å². The second-order valence-corrected chi connectivity index (χ2v) is 6.44. The predicted octanol–water partition coefficient (Wildman–Crippen LogP) is -0.565. The maximum absolute atomic E-state index is 12.0. The molecule has 0 unspecified atom stereocenters. The van der Waals surface area contributed by atoms with Crippen LogP contribution in [0, 0.1) is 5.92 Å². The Balaban J connectivity index is 0.00000263. The lowest BCUT2D eigenvalue weighted by molar-refractivity contribution is -0.146. The summed E-state index contributed by atoms with van der Waals surface area (Å²) < 4.78 is 21.2. The Labute approximate surface area is 178 Å². The number of piperidine rings is 1. The van der Waals surface area contributed by atoms with Gasteiger partial charge in [-0.2, -0.15) is 0 Å². The molecule has 0 aromatic heterocycles. The monoisotopic (exact) mass is 435 g/mol. The number of aldehydes is 1. The quantitative estimate of drug-likeness (QED) is 0.124. The first-order chi connectivity index (χ1) is 14.6. The minimum Gasteiger partial charge on any atom is -0.481 e. The molecule has 1 rings (SSSR count). The number of aliphatic carboxylic acids is 1. The van der Waals surface area contributed by atoms with Gasteiger partial charge in [-0.1, -0.05) is 0 Å². The number of ether oxygens (including phenoxy) is 4. The van der Waals surface area contributed by atoms with Gasteiger partial charge in [0.2, 0.25) is 5.91 Å². The molecule has 1 heterocycles. The second kappa shape index (κ2) is 20.6. The van der Waals surface area contributed by atoms with Crippen LogP contribution in [-0.2, 0) is 33.3 Å². The zero-order valence-corrected chi connectivity index (χ0v) is 17.9. The molecule has 11 heteroatoms. The van der Waals surface area contributed by atoms with Crippen LogP contribution in [0.5, 0.6) is 0 Å². The van der Waals surface area contributed by atoms with Gasteiger partial charge in [-0.3, -0.25) is 20.9 Å². The number of carbonyl (C=O) groups excluding carboxylic acids is 2. The highest BCUT2D eigenvalue weighted by atomic mass is 16.6. The Morgan fingerprint density at radius 2 is 1.40 bits per heavy atom. The fourth-order valence-corrected chi connectivity index (χ4v) is 2.59. The van der Waals surface area contributed by atoms with Crippen LogP contribution in [0.15, 0.2) is 0 Å². The summed E-state index contributed by atoms with van der Waals surface area (Å²) in [4.78, 5) is 34.7. The van der Waals surface area contributed by atoms with Crippen LogP contribution in [0.3, 0.4) is 0 Å². The minimum atomic E-state index is -0.779. The first-order valence-electron chi connectivity index (χ1n) is 10.2. The number of hydrazine groups is 1. The maximum Gasteiger partial charge on any atom is 0.306 e. The zero-order valence-electron chi connectivity index (χ0n) is 17.9. The van der Waals surface area contributed by atoms with E-state index in [1.165, 1.54) is 0 Å². The Hall–Kier alpha value is -1.63. The SMILES string of the molecule is CNN.O=CCCOCCOCCOCCOCCC(=O)N1CCC(C(=O)O)CC1. The fourth-order valence-electron chi connectivity index (χ4n) is 2.59. The van der Waals surface area contributed by atoms with Gasteiger partial charge in [0, 0.05) is 19.5 Å². The third kappa shape index (κ3) is 16.2. The van der Waals surface area contributed by atoms with Crippen LogP contribution in [0.1, 0.15) is 25.7 Å². The predicted molar refractivity (Wildman–Crippen MR) is 109 cm³/mol. The second-order valence-electron chi connectivity index (χ2n) is 6.44. The van der Waals surface area contributed by atoms with Crippen molar-refractivity contribution in [3.63, 3.8) is 0 Å². The molecule has 11 nitrogen and oxygen atoms in total. The van der Waals surface area contributed by atoms with E-state index in [2.05, 4.69) is 11.3 Å². The van der Waals surface area contributed by atoms with Crippen LogP contribution < -0.4 is 11.3 Å². The van der Waals surface area contributed by atoms with E-state index in [1.807, 2.05) is 0 Å². The zero-order chi connectivity index (χ0) is 22.5. The molecular formula is C19H37N3O8. The first-order valence-corrected chi connectivity index (χ1v) is 10.2. The molecule has 0 aromatic rings. The highest BCUT2D eigenvalue weighted by molar-refractivity contribution is 5.77. The van der Waals surface area contributed by atoms with Crippen molar-refractivity contribution in [1.29, 1.82) is 0 Å². The van der Waals surface area contributed by atoms with Crippen molar-refractivity contribution in [3.8, 4) is 0 Å². The fraction of sp³-hybridized carbons (Fsp3) is 0.842. The number of amides is 1. The van der Waals surface area contributed by atoms with Crippen LogP contribution in [-0.4, -0.2) is 101 Å². The van der Waals surface area contributed by atoms with Crippen molar-refractivity contribution in [1.82, 2.24) is 10.3 Å². The Bertz CT molecular complexity index is 445. The summed E-state index contributed by atoms with van der Waals surface area (Å²) in [6.07, 6.45) is 2.55. The van der Waals surface area contributed by atoms with E-state index in [1.54, 1.807) is 11.9 Å². The smallest absolute Gasteiger partial charge is 0.306 e. The van der Waals surface area contributed by atoms with Gasteiger partial charge >= 0.3 is 5.97 Å². The molecule has 0 aromatic carbocycles. The number of nitrogens with two attached hydrogens (primary N) is 1. The molecule has 0 radical (unpaired) electrons. The largest absolute Gasteiger partial charge is 0.481 e. The molecule has 0 atom stereocenters. The number of carbonyl (C=O) groups is 3. The van der Waals surface area contributed by atoms with Crippen LogP contribution in [0.4, 0.5) is 0 Å². The molecule has 176 valence electrons. The molecular weight excluding hydrogens is 398 g/mol. The standard InChI is InChI=1S/C18H31NO8.CH6N2/c20-7-1-8-24-10-12-26-14-15-27-13-11-25-9-4-17(21)19-5-2-16(3-6-19)18(22)23;1-3-2/h7,16H,1-6,8-15H2,(H,22,23);3H,2H2,1H3. The summed E-state index contributed by atoms with van der Waals surface area (Å²) in [7, 11) is 1.65. The number of hydrogen-bond donors (Lipinski definition) is 3. The Morgan fingerprint density at radius 1 is 0.967 bits per heavy atom. The van der Waals surface area contributed by atoms with E-state index in [-0.39, 0.29) is 11.8 Å². The lowest BCUT2D eigenvalue weighted by atomic mass is 9.97. The van der Waals surface area contributed by atoms with Crippen molar-refractivity contribution >= 4 is 18.2 Å². The topological polar surface area (TPSA) is 150 Å². The van der Waals surface area contributed by atoms with Crippen molar-refractivity contribution in [2.75, 3.05) is 73.0 Å². The normalized spacial score (nSPS) is 14.1. The molecule has 1 amide bonds. The summed E-state index contributed by atoms with van der Waals surface area (Å²) >= 11 is 0. The summed E-state index contributed by atoms with van der Waals surface area (Å²) in [5, 5.41) is 8.95. The Kier molecular flexibility index (Phi) is 19.5. The van der Waals surface area contributed by atoms with Crippen molar-refractivity contribution in [2.24, 2.45) is 11.8 Å². The van der Waals surface area contributed by atoms with Gasteiger partial charge in [-0.25, -0.2) is 0 Å². The third-order valence-corrected chi connectivity index (χ3v) is 4.15. The van der Waals surface area contributed by atoms with E-state index >= 15 is 0 Å². The van der Waals surface area contributed by atoms with Gasteiger partial charge in [-0.15, -0.1) is 0 Å². The molecule has 0 spiro atoms. The number of nitrogens with zero attached hydrogens (tertiary/aromatic N) is 1. The third-order valence-electron chi connectivity index (χ3n) is 4.15. The summed E-state index contributed by atoms with van der Waals surface area (Å²) in [6.45, 7) is 4.42. The molecule has 1 saturated heterocycles. The number of likely N-dealkylation sites (tertiary alicyclic amines) is 1. The molecule has 1 aliphatic heterocycles. The maximum atomic E-state index is 12.0. The molecule has 30 heavy (non-hydrogen) atoms. The van der Waals surface area contributed by atoms with Crippen LogP contribution in [0.25, 0.3) is 0 Å². The summed E-state index contributed by atoms with van der Waals surface area (Å²) in [5.41, 5.74) is 2.25. The molecule has 4 N–H and O–H groups in total. The molecule has 1 fully saturated rings. The lowest BCUT2D eigenvalue weighted by Gasteiger charge is -2.30. The number of hydrogen-bond acceptors (Lipinski definition) is 9. The first kappa shape index (κ1) is 28.4. The van der Waals surface area contributed by atoms with Gasteiger partial charge in [-0.05, 0) is 19.9 Å². The highest BCUT2D eigenvalue weighted by Gasteiger charge is 2.26. The van der Waals surface area contributed by atoms with Gasteiger partial charge < -0.3 is 33.7 Å². The lowest BCUT2D eigenvalue weighted by Crippen LogP contribution is -2.40. The average Bonchev–Trinajstić information content (AvgIpc) is 2.74. The van der Waals surface area contributed by atoms with Crippen molar-refractivity contribution < 1.29 is 38.4 Å². The molecule has 0 bridgehead atoms. The minimum absolute atomic E-state index is 0.00326. The van der Waals surface area contributed by atoms with Gasteiger partial charge in [0.15, 0.2) is 0 Å². The van der Waals surface area contributed by atoms with Gasteiger partial charge in [0.25, 0.3) is 0 Å². The molecule has 1 aliphatic rings. The van der Waals surface area contributed by atoms with E-state index < -0.39 is 5.97 Å². The van der Waals surface area contributed by atoms with Gasteiger partial charge in [0.1, 0.15) is 6.29 Å². The number of carboxylic acids is 1. The van der Waals surface area contributed by atoms with Gasteiger partial charge in [0.05, 0.1) is 65.2 Å². The summed E-state index contributed by atoms with van der Waals surface area (Å²) in [6, 6.07) is 0.